The molecule has 1 aliphatic carbocycles. The number of hydrogen-bond donors (Lipinski definition) is 2. The molecular formula is C15H23ClN2O3. The fourth-order valence-electron chi connectivity index (χ4n) is 2.41. The maximum Gasteiger partial charge on any atom is 0.223 e. The van der Waals surface area contributed by atoms with Crippen molar-refractivity contribution in [3.8, 4) is 11.5 Å². The van der Waals surface area contributed by atoms with E-state index in [1.54, 1.807) is 7.11 Å². The second-order valence-corrected chi connectivity index (χ2v) is 5.09. The van der Waals surface area contributed by atoms with Crippen LogP contribution in [0.15, 0.2) is 24.3 Å². The molecule has 0 bridgehead atoms. The van der Waals surface area contributed by atoms with Gasteiger partial charge in [-0.2, -0.15) is 0 Å². The van der Waals surface area contributed by atoms with Crippen molar-refractivity contribution in [3.05, 3.63) is 24.3 Å². The van der Waals surface area contributed by atoms with Gasteiger partial charge in [-0.3, -0.25) is 4.79 Å². The normalized spacial score (nSPS) is 20.5. The average Bonchev–Trinajstić information content (AvgIpc) is 2.91. The Balaban J connectivity index is 0.00000220. The molecule has 0 aliphatic heterocycles. The Kier molecular flexibility index (Phi) is 7.32. The standard InChI is InChI=1S/C15H22N2O3.ClH/c1-19-13-4-6-14(7-5-13)20-9-8-17-15(18)11-2-3-12(16)10-11;/h4-7,11-12H,2-3,8-10,16H2,1H3,(H,17,18);1H. The van der Waals surface area contributed by atoms with E-state index in [9.17, 15) is 4.79 Å². The summed E-state index contributed by atoms with van der Waals surface area (Å²) in [6.07, 6.45) is 2.64. The van der Waals surface area contributed by atoms with E-state index in [0.29, 0.717) is 13.2 Å². The molecule has 1 saturated carbocycles. The number of hydrogen-bond acceptors (Lipinski definition) is 4. The van der Waals surface area contributed by atoms with Crippen LogP contribution >= 0.6 is 12.4 Å². The monoisotopic (exact) mass is 314 g/mol. The fourth-order valence-corrected chi connectivity index (χ4v) is 2.41. The molecule has 0 aromatic heterocycles. The molecule has 6 heteroatoms. The number of methoxy groups -OCH3 is 1. The van der Waals surface area contributed by atoms with Crippen LogP contribution in [0, 0.1) is 5.92 Å². The van der Waals surface area contributed by atoms with Gasteiger partial charge in [0.2, 0.25) is 5.91 Å². The van der Waals surface area contributed by atoms with Gasteiger partial charge in [-0.15, -0.1) is 12.4 Å². The van der Waals surface area contributed by atoms with Gasteiger partial charge in [0.25, 0.3) is 0 Å². The lowest BCUT2D eigenvalue weighted by Crippen LogP contribution is -2.33. The fraction of sp³-hybridized carbons (Fsp3) is 0.533. The molecule has 3 N–H and O–H groups in total. The highest BCUT2D eigenvalue weighted by Gasteiger charge is 2.27. The Bertz CT molecular complexity index is 439. The summed E-state index contributed by atoms with van der Waals surface area (Å²) >= 11 is 0. The summed E-state index contributed by atoms with van der Waals surface area (Å²) < 4.78 is 10.6. The Morgan fingerprint density at radius 1 is 1.29 bits per heavy atom. The van der Waals surface area contributed by atoms with Crippen molar-refractivity contribution >= 4 is 18.3 Å². The molecular weight excluding hydrogens is 292 g/mol. The van der Waals surface area contributed by atoms with Crippen molar-refractivity contribution in [3.63, 3.8) is 0 Å². The molecule has 0 radical (unpaired) electrons. The minimum atomic E-state index is 0. The number of nitrogens with two attached hydrogens (primary N) is 1. The van der Waals surface area contributed by atoms with Crippen molar-refractivity contribution < 1.29 is 14.3 Å². The number of benzene rings is 1. The van der Waals surface area contributed by atoms with Gasteiger partial charge in [0.05, 0.1) is 13.7 Å². The van der Waals surface area contributed by atoms with Crippen molar-refractivity contribution in [2.75, 3.05) is 20.3 Å². The number of ether oxygens (including phenoxy) is 2. The van der Waals surface area contributed by atoms with E-state index in [2.05, 4.69) is 5.32 Å². The van der Waals surface area contributed by atoms with E-state index >= 15 is 0 Å². The van der Waals surface area contributed by atoms with Crippen LogP contribution in [0.25, 0.3) is 0 Å². The maximum absolute atomic E-state index is 11.8. The summed E-state index contributed by atoms with van der Waals surface area (Å²) in [6.45, 7) is 0.966. The molecule has 5 nitrogen and oxygen atoms in total. The highest BCUT2D eigenvalue weighted by molar-refractivity contribution is 5.85. The van der Waals surface area contributed by atoms with Crippen molar-refractivity contribution in [2.24, 2.45) is 11.7 Å². The lowest BCUT2D eigenvalue weighted by Gasteiger charge is -2.11. The topological polar surface area (TPSA) is 73.6 Å². The summed E-state index contributed by atoms with van der Waals surface area (Å²) in [5, 5.41) is 2.89. The van der Waals surface area contributed by atoms with E-state index in [-0.39, 0.29) is 30.3 Å². The van der Waals surface area contributed by atoms with Crippen LogP contribution in [0.2, 0.25) is 0 Å². The summed E-state index contributed by atoms with van der Waals surface area (Å²) in [6, 6.07) is 7.55. The minimum Gasteiger partial charge on any atom is -0.497 e. The summed E-state index contributed by atoms with van der Waals surface area (Å²) in [4.78, 5) is 11.8. The highest BCUT2D eigenvalue weighted by atomic mass is 35.5. The van der Waals surface area contributed by atoms with E-state index < -0.39 is 0 Å². The molecule has 2 rings (SSSR count). The number of amides is 1. The zero-order chi connectivity index (χ0) is 14.4. The van der Waals surface area contributed by atoms with Gasteiger partial charge in [-0.05, 0) is 43.5 Å². The predicted octanol–water partition coefficient (Wildman–Crippen LogP) is 1.74. The molecule has 1 aliphatic rings. The second kappa shape index (κ2) is 8.74. The molecule has 0 heterocycles. The minimum absolute atomic E-state index is 0. The second-order valence-electron chi connectivity index (χ2n) is 5.09. The van der Waals surface area contributed by atoms with Gasteiger partial charge in [0.1, 0.15) is 18.1 Å². The number of carbonyl (C=O) groups is 1. The largest absolute Gasteiger partial charge is 0.497 e. The first kappa shape index (κ1) is 17.6. The third-order valence-electron chi connectivity index (χ3n) is 3.57. The van der Waals surface area contributed by atoms with Crippen LogP contribution in [-0.4, -0.2) is 32.2 Å². The van der Waals surface area contributed by atoms with Crippen molar-refractivity contribution in [1.82, 2.24) is 5.32 Å². The summed E-state index contributed by atoms with van der Waals surface area (Å²) in [5.74, 6) is 1.73. The van der Waals surface area contributed by atoms with Crippen molar-refractivity contribution in [2.45, 2.75) is 25.3 Å². The van der Waals surface area contributed by atoms with E-state index in [0.717, 1.165) is 30.8 Å². The quantitative estimate of drug-likeness (QED) is 0.784. The summed E-state index contributed by atoms with van der Waals surface area (Å²) in [7, 11) is 1.63. The molecule has 0 spiro atoms. The third-order valence-corrected chi connectivity index (χ3v) is 3.57. The molecule has 2 unspecified atom stereocenters. The van der Waals surface area contributed by atoms with Gasteiger partial charge < -0.3 is 20.5 Å². The van der Waals surface area contributed by atoms with Gasteiger partial charge in [0, 0.05) is 12.0 Å². The average molecular weight is 315 g/mol. The molecule has 1 fully saturated rings. The van der Waals surface area contributed by atoms with Gasteiger partial charge in [-0.25, -0.2) is 0 Å². The zero-order valence-corrected chi connectivity index (χ0v) is 13.0. The third kappa shape index (κ3) is 5.44. The van der Waals surface area contributed by atoms with E-state index in [4.69, 9.17) is 15.2 Å². The molecule has 2 atom stereocenters. The Morgan fingerprint density at radius 2 is 1.95 bits per heavy atom. The van der Waals surface area contributed by atoms with Crippen molar-refractivity contribution in [1.29, 1.82) is 0 Å². The van der Waals surface area contributed by atoms with E-state index in [1.165, 1.54) is 0 Å². The van der Waals surface area contributed by atoms with Crippen LogP contribution in [0.3, 0.4) is 0 Å². The SMILES string of the molecule is COc1ccc(OCCNC(=O)C2CCC(N)C2)cc1.Cl. The molecule has 1 aromatic rings. The number of halogens is 1. The number of rotatable bonds is 6. The molecule has 21 heavy (non-hydrogen) atoms. The summed E-state index contributed by atoms with van der Waals surface area (Å²) in [5.41, 5.74) is 5.80. The maximum atomic E-state index is 11.8. The highest BCUT2D eigenvalue weighted by Crippen LogP contribution is 2.23. The van der Waals surface area contributed by atoms with E-state index in [1.807, 2.05) is 24.3 Å². The Morgan fingerprint density at radius 3 is 2.52 bits per heavy atom. The lowest BCUT2D eigenvalue weighted by molar-refractivity contribution is -0.124. The first-order valence-electron chi connectivity index (χ1n) is 6.99. The number of nitrogens with one attached hydrogen (secondary N) is 1. The zero-order valence-electron chi connectivity index (χ0n) is 12.2. The van der Waals surface area contributed by atoms with Crippen LogP contribution in [-0.2, 0) is 4.79 Å². The molecule has 1 aromatic carbocycles. The lowest BCUT2D eigenvalue weighted by atomic mass is 10.1. The Hall–Kier alpha value is -1.46. The predicted molar refractivity (Wildman–Crippen MR) is 84.1 cm³/mol. The smallest absolute Gasteiger partial charge is 0.223 e. The first-order chi connectivity index (χ1) is 9.69. The van der Waals surface area contributed by atoms with Gasteiger partial charge in [-0.1, -0.05) is 0 Å². The van der Waals surface area contributed by atoms with Crippen LogP contribution in [0.4, 0.5) is 0 Å². The number of carbonyl (C=O) groups excluding carboxylic acids is 1. The van der Waals surface area contributed by atoms with Gasteiger partial charge >= 0.3 is 0 Å². The van der Waals surface area contributed by atoms with Crippen LogP contribution in [0.1, 0.15) is 19.3 Å². The van der Waals surface area contributed by atoms with Gasteiger partial charge in [0.15, 0.2) is 0 Å². The van der Waals surface area contributed by atoms with Crippen LogP contribution < -0.4 is 20.5 Å². The van der Waals surface area contributed by atoms with Crippen LogP contribution in [0.5, 0.6) is 11.5 Å². The Labute approximate surface area is 131 Å². The molecule has 118 valence electrons. The first-order valence-corrected chi connectivity index (χ1v) is 6.99. The molecule has 0 saturated heterocycles. The molecule has 1 amide bonds.